The summed E-state index contributed by atoms with van der Waals surface area (Å²) in [6, 6.07) is 10.1. The Morgan fingerprint density at radius 3 is 1.54 bits per heavy atom. The summed E-state index contributed by atoms with van der Waals surface area (Å²) in [5.74, 6) is -4.93. The molecule has 0 unspecified atom stereocenters. The lowest BCUT2D eigenvalue weighted by Crippen LogP contribution is -2.55. The molecule has 0 spiro atoms. The molecule has 0 aliphatic rings. The van der Waals surface area contributed by atoms with Crippen LogP contribution in [0.25, 0.3) is 0 Å². The molecule has 17 heteroatoms. The number of amides is 6. The molecule has 0 aliphatic heterocycles. The highest BCUT2D eigenvalue weighted by Crippen LogP contribution is 2.16. The minimum absolute atomic E-state index is 0.121. The lowest BCUT2D eigenvalue weighted by atomic mass is 9.97. The average Bonchev–Trinajstić information content (AvgIpc) is 3.22. The second kappa shape index (κ2) is 28.6. The van der Waals surface area contributed by atoms with E-state index in [1.807, 2.05) is 44.2 Å². The van der Waals surface area contributed by atoms with Crippen molar-refractivity contribution >= 4 is 47.1 Å². The number of carbonyl (C=O) groups is 7. The van der Waals surface area contributed by atoms with Gasteiger partial charge in [-0.2, -0.15) is 0 Å². The number of non-ortho nitro benzene ring substituents is 1. The number of carboxylic acid groups (broad SMARTS) is 1. The molecular formula is C44H65N7O10. The predicted octanol–water partition coefficient (Wildman–Crippen LogP) is 4.27. The summed E-state index contributed by atoms with van der Waals surface area (Å²) in [5.41, 5.74) is 12.0. The van der Waals surface area contributed by atoms with Crippen molar-refractivity contribution < 1.29 is 43.6 Å². The molecule has 0 fully saturated rings. The third kappa shape index (κ3) is 21.3. The summed E-state index contributed by atoms with van der Waals surface area (Å²) in [7, 11) is 0. The Morgan fingerprint density at radius 2 is 1.08 bits per heavy atom. The van der Waals surface area contributed by atoms with E-state index >= 15 is 0 Å². The van der Waals surface area contributed by atoms with Crippen LogP contribution < -0.4 is 32.7 Å². The summed E-state index contributed by atoms with van der Waals surface area (Å²) < 4.78 is 0. The average molecular weight is 852 g/mol. The molecule has 61 heavy (non-hydrogen) atoms. The van der Waals surface area contributed by atoms with E-state index < -0.39 is 71.0 Å². The molecule has 0 bridgehead atoms. The molecule has 0 aliphatic carbocycles. The first-order valence-electron chi connectivity index (χ1n) is 21.4. The highest BCUT2D eigenvalue weighted by atomic mass is 16.6. The van der Waals surface area contributed by atoms with Crippen molar-refractivity contribution in [2.45, 2.75) is 154 Å². The first kappa shape index (κ1) is 51.3. The quantitative estimate of drug-likeness (QED) is 0.0312. The maximum Gasteiger partial charge on any atom is 0.326 e. The van der Waals surface area contributed by atoms with Crippen molar-refractivity contribution in [3.8, 4) is 0 Å². The van der Waals surface area contributed by atoms with E-state index in [1.54, 1.807) is 0 Å². The Balaban J connectivity index is 1.59. The van der Waals surface area contributed by atoms with Crippen LogP contribution in [0, 0.1) is 16.0 Å². The fourth-order valence-corrected chi connectivity index (χ4v) is 6.76. The van der Waals surface area contributed by atoms with E-state index in [0.717, 1.165) is 69.8 Å². The number of nitrogens with one attached hydrogen (secondary N) is 4. The van der Waals surface area contributed by atoms with Crippen LogP contribution in [-0.2, 0) is 46.4 Å². The number of aliphatic carboxylic acids is 1. The van der Waals surface area contributed by atoms with Crippen molar-refractivity contribution in [1.29, 1.82) is 0 Å². The zero-order valence-corrected chi connectivity index (χ0v) is 35.5. The molecule has 336 valence electrons. The molecule has 0 saturated heterocycles. The molecule has 0 radical (unpaired) electrons. The number of nitrogens with zero attached hydrogens (tertiary/aromatic N) is 1. The van der Waals surface area contributed by atoms with Crippen LogP contribution in [0.15, 0.2) is 54.6 Å². The Kier molecular flexibility index (Phi) is 24.0. The maximum absolute atomic E-state index is 13.2. The van der Waals surface area contributed by atoms with Gasteiger partial charge in [-0.15, -0.1) is 0 Å². The van der Waals surface area contributed by atoms with E-state index in [9.17, 15) is 48.8 Å². The van der Waals surface area contributed by atoms with Crippen LogP contribution in [0.4, 0.5) is 5.69 Å². The van der Waals surface area contributed by atoms with Gasteiger partial charge in [0.2, 0.25) is 35.4 Å². The largest absolute Gasteiger partial charge is 0.480 e. The minimum atomic E-state index is -1.42. The lowest BCUT2D eigenvalue weighted by Gasteiger charge is -2.26. The third-order valence-corrected chi connectivity index (χ3v) is 10.6. The maximum atomic E-state index is 13.2. The third-order valence-electron chi connectivity index (χ3n) is 10.6. The van der Waals surface area contributed by atoms with E-state index in [0.29, 0.717) is 31.2 Å². The number of benzene rings is 2. The SMILES string of the molecule is CC[C@H](C)[C@H](NC(=O)CCCCCCCCCCCCCCC(=O)N[C@@H](CC(N)=O)C(=O)N[C@@H](Cc1ccc([N+](=O)[O-])cc1)C(=O)O)C(=O)N[C@@H](Cc1ccccc1)C(N)=O. The van der Waals surface area contributed by atoms with Gasteiger partial charge in [0.15, 0.2) is 0 Å². The van der Waals surface area contributed by atoms with Gasteiger partial charge in [-0.25, -0.2) is 4.79 Å². The van der Waals surface area contributed by atoms with E-state index in [1.165, 1.54) is 24.3 Å². The number of nitro benzene ring substituents is 1. The van der Waals surface area contributed by atoms with Crippen LogP contribution in [0.1, 0.15) is 128 Å². The predicted molar refractivity (Wildman–Crippen MR) is 229 cm³/mol. The van der Waals surface area contributed by atoms with Crippen LogP contribution >= 0.6 is 0 Å². The van der Waals surface area contributed by atoms with Gasteiger partial charge >= 0.3 is 5.97 Å². The Labute approximate surface area is 358 Å². The molecule has 0 aromatic heterocycles. The summed E-state index contributed by atoms with van der Waals surface area (Å²) in [6.07, 6.45) is 12.0. The van der Waals surface area contributed by atoms with Crippen LogP contribution in [0.3, 0.4) is 0 Å². The summed E-state index contributed by atoms with van der Waals surface area (Å²) >= 11 is 0. The molecule has 5 atom stereocenters. The summed E-state index contributed by atoms with van der Waals surface area (Å²) in [4.78, 5) is 97.4. The monoisotopic (exact) mass is 851 g/mol. The number of unbranched alkanes of at least 4 members (excludes halogenated alkanes) is 11. The van der Waals surface area contributed by atoms with Gasteiger partial charge in [0, 0.05) is 37.8 Å². The van der Waals surface area contributed by atoms with Crippen molar-refractivity contribution in [2.24, 2.45) is 17.4 Å². The van der Waals surface area contributed by atoms with Gasteiger partial charge in [0.05, 0.1) is 11.3 Å². The molecule has 6 amide bonds. The normalized spacial score (nSPS) is 13.4. The Bertz CT molecular complexity index is 1720. The summed E-state index contributed by atoms with van der Waals surface area (Å²) in [6.45, 7) is 3.83. The topological polar surface area (TPSA) is 283 Å². The van der Waals surface area contributed by atoms with Crippen LogP contribution in [0.2, 0.25) is 0 Å². The number of nitrogens with two attached hydrogens (primary N) is 2. The fourth-order valence-electron chi connectivity index (χ4n) is 6.76. The van der Waals surface area contributed by atoms with Crippen molar-refractivity contribution in [2.75, 3.05) is 0 Å². The molecule has 2 rings (SSSR count). The number of hydrogen-bond donors (Lipinski definition) is 7. The molecule has 2 aromatic rings. The second-order valence-electron chi connectivity index (χ2n) is 15.6. The first-order chi connectivity index (χ1) is 29.1. The van der Waals surface area contributed by atoms with Crippen LogP contribution in [0.5, 0.6) is 0 Å². The Morgan fingerprint density at radius 1 is 0.623 bits per heavy atom. The van der Waals surface area contributed by atoms with Crippen LogP contribution in [-0.4, -0.2) is 75.6 Å². The van der Waals surface area contributed by atoms with E-state index in [2.05, 4.69) is 21.3 Å². The van der Waals surface area contributed by atoms with Gasteiger partial charge in [0.25, 0.3) is 5.69 Å². The lowest BCUT2D eigenvalue weighted by molar-refractivity contribution is -0.384. The number of primary amides is 2. The van der Waals surface area contributed by atoms with Gasteiger partial charge in [-0.3, -0.25) is 38.9 Å². The zero-order valence-electron chi connectivity index (χ0n) is 35.5. The van der Waals surface area contributed by atoms with Crippen molar-refractivity contribution in [3.63, 3.8) is 0 Å². The standard InChI is InChI=1S/C44H65N7O10/c1-3-30(2)40(43(57)48-34(41(46)55)27-31-19-15-14-16-20-31)50-39(54)22-18-13-11-9-7-5-4-6-8-10-12-17-21-38(53)47-35(29-37(45)52)42(56)49-36(44(58)59)28-32-23-25-33(26-24-32)51(60)61/h14-16,19-20,23-26,30,34-36,40H,3-13,17-18,21-22,27-29H2,1-2H3,(H2,45,52)(H2,46,55)(H,47,53)(H,48,57)(H,49,56)(H,50,54)(H,58,59)/t30-,34-,35-,36-,40-/m0/s1. The molecule has 0 heterocycles. The number of hydrogen-bond acceptors (Lipinski definition) is 9. The fraction of sp³-hybridized carbons (Fsp3) is 0.568. The van der Waals surface area contributed by atoms with Gasteiger partial charge in [0.1, 0.15) is 24.2 Å². The molecule has 0 saturated carbocycles. The number of carbonyl (C=O) groups excluding carboxylic acids is 6. The van der Waals surface area contributed by atoms with Gasteiger partial charge in [-0.1, -0.05) is 127 Å². The molecule has 2 aromatic carbocycles. The number of nitro groups is 1. The summed E-state index contributed by atoms with van der Waals surface area (Å²) in [5, 5.41) is 31.0. The van der Waals surface area contributed by atoms with E-state index in [-0.39, 0.29) is 36.8 Å². The molecular weight excluding hydrogens is 787 g/mol. The van der Waals surface area contributed by atoms with Crippen molar-refractivity contribution in [3.05, 3.63) is 75.8 Å². The van der Waals surface area contributed by atoms with Gasteiger partial charge < -0.3 is 37.8 Å². The smallest absolute Gasteiger partial charge is 0.326 e. The Hall–Kier alpha value is -5.87. The van der Waals surface area contributed by atoms with Gasteiger partial charge in [-0.05, 0) is 29.9 Å². The second-order valence-corrected chi connectivity index (χ2v) is 15.6. The molecule has 17 nitrogen and oxygen atoms in total. The first-order valence-corrected chi connectivity index (χ1v) is 21.4. The van der Waals surface area contributed by atoms with E-state index in [4.69, 9.17) is 11.5 Å². The highest BCUT2D eigenvalue weighted by Gasteiger charge is 2.30. The minimum Gasteiger partial charge on any atom is -0.480 e. The number of carboxylic acids is 1. The molecule has 9 N–H and O–H groups in total. The highest BCUT2D eigenvalue weighted by molar-refractivity contribution is 5.94. The number of rotatable bonds is 32. The van der Waals surface area contributed by atoms with Crippen molar-refractivity contribution in [1.82, 2.24) is 21.3 Å². The zero-order chi connectivity index (χ0) is 45.2.